The number of para-hydroxylation sites is 2. The van der Waals surface area contributed by atoms with Gasteiger partial charge in [0.1, 0.15) is 23.7 Å². The number of halogens is 1. The molecule has 0 spiro atoms. The molecule has 2 aromatic carbocycles. The summed E-state index contributed by atoms with van der Waals surface area (Å²) in [5, 5.41) is 0.544. The van der Waals surface area contributed by atoms with Gasteiger partial charge in [-0.2, -0.15) is 0 Å². The van der Waals surface area contributed by atoms with Crippen molar-refractivity contribution in [2.24, 2.45) is 0 Å². The minimum absolute atomic E-state index is 0.0622. The fourth-order valence-corrected chi connectivity index (χ4v) is 4.64. The number of morpholine rings is 2. The first-order chi connectivity index (χ1) is 17.5. The fraction of sp³-hybridized carbons (Fsp3) is 0.385. The van der Waals surface area contributed by atoms with E-state index < -0.39 is 5.60 Å². The minimum atomic E-state index is -1.03. The van der Waals surface area contributed by atoms with E-state index in [4.69, 9.17) is 25.8 Å². The first-order valence-electron chi connectivity index (χ1n) is 11.9. The van der Waals surface area contributed by atoms with E-state index in [1.807, 2.05) is 24.3 Å². The second-order valence-corrected chi connectivity index (χ2v) is 9.35. The average molecular weight is 511 g/mol. The van der Waals surface area contributed by atoms with Gasteiger partial charge >= 0.3 is 0 Å². The van der Waals surface area contributed by atoms with E-state index >= 15 is 0 Å². The summed E-state index contributed by atoms with van der Waals surface area (Å²) in [7, 11) is 0. The molecule has 2 aliphatic heterocycles. The van der Waals surface area contributed by atoms with Crippen molar-refractivity contribution in [2.45, 2.75) is 12.0 Å². The third kappa shape index (κ3) is 5.59. The Morgan fingerprint density at radius 2 is 1.78 bits per heavy atom. The smallest absolute Gasteiger partial charge is 0.274 e. The third-order valence-corrected chi connectivity index (χ3v) is 6.57. The van der Waals surface area contributed by atoms with Crippen molar-refractivity contribution >= 4 is 34.4 Å². The number of aromatic nitrogens is 2. The number of hydrogen-bond acceptors (Lipinski definition) is 7. The molecule has 1 aromatic heterocycles. The molecule has 0 saturated carbocycles. The van der Waals surface area contributed by atoms with Gasteiger partial charge < -0.3 is 24.0 Å². The number of nitrogens with zero attached hydrogens (tertiary/aromatic N) is 4. The lowest BCUT2D eigenvalue weighted by atomic mass is 9.96. The number of carbonyl (C=O) groups is 2. The van der Waals surface area contributed by atoms with Crippen molar-refractivity contribution in [3.63, 3.8) is 0 Å². The molecule has 3 heterocycles. The van der Waals surface area contributed by atoms with E-state index in [9.17, 15) is 9.59 Å². The van der Waals surface area contributed by atoms with Crippen molar-refractivity contribution in [1.82, 2.24) is 19.8 Å². The van der Waals surface area contributed by atoms with E-state index in [0.29, 0.717) is 49.1 Å². The van der Waals surface area contributed by atoms with Gasteiger partial charge in [0, 0.05) is 24.7 Å². The summed E-state index contributed by atoms with van der Waals surface area (Å²) in [4.78, 5) is 39.0. The number of rotatable bonds is 6. The molecule has 1 atom stereocenters. The molecule has 3 aromatic rings. The Hall–Kier alpha value is -3.27. The summed E-state index contributed by atoms with van der Waals surface area (Å²) in [5.74, 6) is 0.239. The lowest BCUT2D eigenvalue weighted by Gasteiger charge is -2.43. The summed E-state index contributed by atoms with van der Waals surface area (Å²) in [5.41, 5.74) is 0.585. The normalized spacial score (nSPS) is 20.4. The highest BCUT2D eigenvalue weighted by Crippen LogP contribution is 2.27. The van der Waals surface area contributed by atoms with Crippen LogP contribution in [0.3, 0.4) is 0 Å². The van der Waals surface area contributed by atoms with Gasteiger partial charge in [-0.15, -0.1) is 0 Å². The molecule has 2 fully saturated rings. The van der Waals surface area contributed by atoms with Crippen LogP contribution < -0.4 is 4.74 Å². The molecule has 0 bridgehead atoms. The largest absolute Gasteiger partial charge is 0.490 e. The topological polar surface area (TPSA) is 94.1 Å². The Morgan fingerprint density at radius 1 is 1.00 bits per heavy atom. The van der Waals surface area contributed by atoms with Crippen molar-refractivity contribution in [3.05, 3.63) is 65.4 Å². The zero-order chi connectivity index (χ0) is 25.0. The number of hydrogen-bond donors (Lipinski definition) is 0. The molecule has 2 aliphatic rings. The minimum Gasteiger partial charge on any atom is -0.490 e. The van der Waals surface area contributed by atoms with Gasteiger partial charge in [-0.25, -0.2) is 4.98 Å². The van der Waals surface area contributed by atoms with E-state index in [1.54, 1.807) is 34.1 Å². The van der Waals surface area contributed by atoms with Gasteiger partial charge in [0.2, 0.25) is 5.91 Å². The Balaban J connectivity index is 1.37. The number of benzene rings is 2. The number of fused-ring (bicyclic) bond motifs is 1. The molecule has 2 amide bonds. The van der Waals surface area contributed by atoms with Crippen LogP contribution in [0.25, 0.3) is 11.0 Å². The van der Waals surface area contributed by atoms with Gasteiger partial charge in [0.25, 0.3) is 5.91 Å². The third-order valence-electron chi connectivity index (χ3n) is 6.34. The van der Waals surface area contributed by atoms with Crippen molar-refractivity contribution in [2.75, 3.05) is 52.6 Å². The fourth-order valence-electron chi connectivity index (χ4n) is 4.46. The highest BCUT2D eigenvalue weighted by molar-refractivity contribution is 6.30. The van der Waals surface area contributed by atoms with E-state index in [1.165, 1.54) is 6.20 Å². The molecule has 0 aliphatic carbocycles. The SMILES string of the molecule is O=C(C[C@]1(COc2cccc(Cl)c2)CN(C(=O)c2cnc3ccccc3n2)CCO1)N1CCOCC1. The van der Waals surface area contributed by atoms with Gasteiger partial charge in [0.15, 0.2) is 0 Å². The highest BCUT2D eigenvalue weighted by atomic mass is 35.5. The molecular weight excluding hydrogens is 484 g/mol. The van der Waals surface area contributed by atoms with Crippen LogP contribution in [-0.2, 0) is 14.3 Å². The van der Waals surface area contributed by atoms with Crippen molar-refractivity contribution in [3.8, 4) is 5.75 Å². The standard InChI is InChI=1S/C26H27ClN4O5/c27-19-4-3-5-20(14-19)35-18-26(15-24(32)30-8-11-34-12-9-30)17-31(10-13-36-26)25(33)23-16-28-21-6-1-2-7-22(21)29-23/h1-7,14,16H,8-13,15,17-18H2/t26-/m1/s1. The summed E-state index contributed by atoms with van der Waals surface area (Å²) >= 11 is 6.11. The van der Waals surface area contributed by atoms with Gasteiger partial charge in [-0.05, 0) is 30.3 Å². The van der Waals surface area contributed by atoms with E-state index in [-0.39, 0.29) is 43.7 Å². The predicted molar refractivity (Wildman–Crippen MR) is 133 cm³/mol. The molecule has 9 nitrogen and oxygen atoms in total. The van der Waals surface area contributed by atoms with Gasteiger partial charge in [-0.1, -0.05) is 29.8 Å². The maximum absolute atomic E-state index is 13.4. The van der Waals surface area contributed by atoms with Gasteiger partial charge in [-0.3, -0.25) is 14.6 Å². The molecule has 36 heavy (non-hydrogen) atoms. The summed E-state index contributed by atoms with van der Waals surface area (Å²) in [6, 6.07) is 14.4. The van der Waals surface area contributed by atoms with Gasteiger partial charge in [0.05, 0.1) is 50.0 Å². The van der Waals surface area contributed by atoms with Crippen LogP contribution in [0.15, 0.2) is 54.7 Å². The lowest BCUT2D eigenvalue weighted by Crippen LogP contribution is -2.58. The Morgan fingerprint density at radius 3 is 2.58 bits per heavy atom. The number of ether oxygens (including phenoxy) is 3. The maximum Gasteiger partial charge on any atom is 0.274 e. The summed E-state index contributed by atoms with van der Waals surface area (Å²) in [6.07, 6.45) is 1.56. The molecular formula is C26H27ClN4O5. The Labute approximate surface area is 213 Å². The quantitative estimate of drug-likeness (QED) is 0.503. The Bertz CT molecular complexity index is 1250. The zero-order valence-electron chi connectivity index (χ0n) is 19.8. The molecule has 0 N–H and O–H groups in total. The molecule has 2 saturated heterocycles. The summed E-state index contributed by atoms with van der Waals surface area (Å²) in [6.45, 7) is 2.96. The zero-order valence-corrected chi connectivity index (χ0v) is 20.5. The highest BCUT2D eigenvalue weighted by Gasteiger charge is 2.43. The molecule has 188 valence electrons. The van der Waals surface area contributed by atoms with Crippen LogP contribution in [-0.4, -0.2) is 89.8 Å². The van der Waals surface area contributed by atoms with Crippen LogP contribution >= 0.6 is 11.6 Å². The van der Waals surface area contributed by atoms with Crippen LogP contribution in [0.1, 0.15) is 16.9 Å². The molecule has 10 heteroatoms. The van der Waals surface area contributed by atoms with E-state index in [2.05, 4.69) is 9.97 Å². The van der Waals surface area contributed by atoms with Crippen LogP contribution in [0.5, 0.6) is 5.75 Å². The van der Waals surface area contributed by atoms with Crippen molar-refractivity contribution < 1.29 is 23.8 Å². The molecule has 5 rings (SSSR count). The van der Waals surface area contributed by atoms with Crippen LogP contribution in [0, 0.1) is 0 Å². The monoisotopic (exact) mass is 510 g/mol. The maximum atomic E-state index is 13.4. The second-order valence-electron chi connectivity index (χ2n) is 8.92. The predicted octanol–water partition coefficient (Wildman–Crippen LogP) is 2.82. The van der Waals surface area contributed by atoms with Crippen molar-refractivity contribution in [1.29, 1.82) is 0 Å². The lowest BCUT2D eigenvalue weighted by molar-refractivity contribution is -0.155. The summed E-state index contributed by atoms with van der Waals surface area (Å²) < 4.78 is 17.6. The van der Waals surface area contributed by atoms with E-state index in [0.717, 1.165) is 5.52 Å². The Kier molecular flexibility index (Phi) is 7.31. The first kappa shape index (κ1) is 24.4. The second kappa shape index (κ2) is 10.8. The number of carbonyl (C=O) groups excluding carboxylic acids is 2. The average Bonchev–Trinajstić information content (AvgIpc) is 2.92. The number of amides is 2. The molecule has 0 radical (unpaired) electrons. The first-order valence-corrected chi connectivity index (χ1v) is 12.3. The molecule has 0 unspecified atom stereocenters. The van der Waals surface area contributed by atoms with Crippen LogP contribution in [0.2, 0.25) is 5.02 Å². The van der Waals surface area contributed by atoms with Crippen LogP contribution in [0.4, 0.5) is 0 Å².